The summed E-state index contributed by atoms with van der Waals surface area (Å²) in [7, 11) is 0. The second-order valence-corrected chi connectivity index (χ2v) is 6.89. The lowest BCUT2D eigenvalue weighted by Crippen LogP contribution is -2.60. The van der Waals surface area contributed by atoms with Crippen molar-refractivity contribution < 1.29 is 4.79 Å². The minimum atomic E-state index is -0.00573. The number of amides is 1. The summed E-state index contributed by atoms with van der Waals surface area (Å²) in [6.45, 7) is 1.42. The van der Waals surface area contributed by atoms with Crippen LogP contribution < -0.4 is 0 Å². The zero-order valence-electron chi connectivity index (χ0n) is 12.7. The molecule has 3 fully saturated rings. The van der Waals surface area contributed by atoms with Gasteiger partial charge in [0, 0.05) is 13.1 Å². The highest BCUT2D eigenvalue weighted by Crippen LogP contribution is 2.65. The van der Waals surface area contributed by atoms with Gasteiger partial charge in [-0.15, -0.1) is 0 Å². The molecule has 3 aliphatic rings. The van der Waals surface area contributed by atoms with Gasteiger partial charge in [-0.25, -0.2) is 0 Å². The van der Waals surface area contributed by atoms with E-state index in [1.54, 1.807) is 0 Å². The van der Waals surface area contributed by atoms with Gasteiger partial charge in [0.2, 0.25) is 5.91 Å². The number of nitrogens with zero attached hydrogens (tertiary/aromatic N) is 1. The van der Waals surface area contributed by atoms with E-state index in [9.17, 15) is 4.79 Å². The quantitative estimate of drug-likeness (QED) is 0.815. The first-order valence-corrected chi connectivity index (χ1v) is 8.12. The minimum absolute atomic E-state index is 0.00573. The topological polar surface area (TPSA) is 20.3 Å². The van der Waals surface area contributed by atoms with Crippen LogP contribution in [-0.2, 0) is 17.9 Å². The van der Waals surface area contributed by atoms with Gasteiger partial charge in [-0.2, -0.15) is 0 Å². The Morgan fingerprint density at radius 3 is 1.68 bits per heavy atom. The molecule has 0 atom stereocenters. The van der Waals surface area contributed by atoms with Crippen molar-refractivity contribution in [2.24, 2.45) is 11.3 Å². The Kier molecular flexibility index (Phi) is 3.25. The lowest BCUT2D eigenvalue weighted by atomic mass is 9.44. The van der Waals surface area contributed by atoms with E-state index in [-0.39, 0.29) is 5.41 Å². The summed E-state index contributed by atoms with van der Waals surface area (Å²) >= 11 is 0. The van der Waals surface area contributed by atoms with Crippen molar-refractivity contribution in [3.05, 3.63) is 71.8 Å². The number of hydrogen-bond acceptors (Lipinski definition) is 1. The molecule has 3 saturated carbocycles. The number of benzene rings is 2. The van der Waals surface area contributed by atoms with E-state index in [4.69, 9.17) is 0 Å². The average Bonchev–Trinajstić information content (AvgIpc) is 2.45. The van der Waals surface area contributed by atoms with E-state index >= 15 is 0 Å². The predicted molar refractivity (Wildman–Crippen MR) is 86.9 cm³/mol. The fraction of sp³-hybridized carbons (Fsp3) is 0.350. The smallest absolute Gasteiger partial charge is 0.229 e. The van der Waals surface area contributed by atoms with Crippen LogP contribution in [0.15, 0.2) is 60.7 Å². The summed E-state index contributed by atoms with van der Waals surface area (Å²) in [5, 5.41) is 0. The molecule has 0 heterocycles. The van der Waals surface area contributed by atoms with Crippen LogP contribution >= 0.6 is 0 Å². The molecular formula is C20H21NO. The molecule has 2 heteroatoms. The van der Waals surface area contributed by atoms with Gasteiger partial charge in [-0.1, -0.05) is 60.7 Å². The zero-order chi connectivity index (χ0) is 15.0. The van der Waals surface area contributed by atoms with Crippen molar-refractivity contribution in [2.45, 2.75) is 32.4 Å². The predicted octanol–water partition coefficient (Wildman–Crippen LogP) is 4.02. The molecule has 22 heavy (non-hydrogen) atoms. The molecule has 0 aromatic heterocycles. The minimum Gasteiger partial charge on any atom is -0.334 e. The van der Waals surface area contributed by atoms with E-state index in [2.05, 4.69) is 29.2 Å². The Bertz CT molecular complexity index is 606. The molecule has 0 unspecified atom stereocenters. The van der Waals surface area contributed by atoms with Crippen LogP contribution in [0.5, 0.6) is 0 Å². The number of rotatable bonds is 5. The standard InChI is InChI=1S/C20H21NO/c22-19(20-11-18(12-20)13-20)21(14-16-7-3-1-4-8-16)15-17-9-5-2-6-10-17/h1-10,18H,11-15H2. The molecule has 2 aromatic rings. The fourth-order valence-electron chi connectivity index (χ4n) is 3.88. The van der Waals surface area contributed by atoms with Crippen LogP contribution in [0.4, 0.5) is 0 Å². The van der Waals surface area contributed by atoms with Crippen molar-refractivity contribution in [3.8, 4) is 0 Å². The van der Waals surface area contributed by atoms with Gasteiger partial charge >= 0.3 is 0 Å². The molecular weight excluding hydrogens is 270 g/mol. The average molecular weight is 291 g/mol. The van der Waals surface area contributed by atoms with E-state index in [1.807, 2.05) is 36.4 Å². The van der Waals surface area contributed by atoms with Crippen molar-refractivity contribution in [1.29, 1.82) is 0 Å². The summed E-state index contributed by atoms with van der Waals surface area (Å²) in [5.41, 5.74) is 2.41. The first-order chi connectivity index (χ1) is 10.8. The summed E-state index contributed by atoms with van der Waals surface area (Å²) in [4.78, 5) is 15.1. The first-order valence-electron chi connectivity index (χ1n) is 8.12. The van der Waals surface area contributed by atoms with Crippen molar-refractivity contribution >= 4 is 5.91 Å². The van der Waals surface area contributed by atoms with Crippen LogP contribution in [0.3, 0.4) is 0 Å². The highest BCUT2D eigenvalue weighted by molar-refractivity contribution is 5.85. The first kappa shape index (κ1) is 13.6. The SMILES string of the molecule is O=C(N(Cc1ccccc1)Cc1ccccc1)C12CC(C1)C2. The molecule has 2 bridgehead atoms. The molecule has 3 aliphatic carbocycles. The third-order valence-electron chi connectivity index (χ3n) is 5.21. The monoisotopic (exact) mass is 291 g/mol. The van der Waals surface area contributed by atoms with E-state index in [0.717, 1.165) is 25.2 Å². The van der Waals surface area contributed by atoms with Crippen LogP contribution in [0.25, 0.3) is 0 Å². The Hall–Kier alpha value is -2.09. The Morgan fingerprint density at radius 2 is 1.32 bits per heavy atom. The Morgan fingerprint density at radius 1 is 0.864 bits per heavy atom. The van der Waals surface area contributed by atoms with Crippen LogP contribution in [-0.4, -0.2) is 10.8 Å². The van der Waals surface area contributed by atoms with Gasteiger partial charge < -0.3 is 4.90 Å². The summed E-state index contributed by atoms with van der Waals surface area (Å²) in [6.07, 6.45) is 3.35. The third-order valence-corrected chi connectivity index (χ3v) is 5.21. The van der Waals surface area contributed by atoms with E-state index in [0.29, 0.717) is 19.0 Å². The maximum Gasteiger partial charge on any atom is 0.229 e. The van der Waals surface area contributed by atoms with Crippen LogP contribution in [0.1, 0.15) is 30.4 Å². The van der Waals surface area contributed by atoms with Gasteiger partial charge in [0.1, 0.15) is 0 Å². The third kappa shape index (κ3) is 2.33. The highest BCUT2D eigenvalue weighted by atomic mass is 16.2. The lowest BCUT2D eigenvalue weighted by Gasteiger charge is -2.61. The molecule has 0 N–H and O–H groups in total. The van der Waals surface area contributed by atoms with Gasteiger partial charge in [0.05, 0.1) is 5.41 Å². The number of hydrogen-bond donors (Lipinski definition) is 0. The Balaban J connectivity index is 1.55. The van der Waals surface area contributed by atoms with Gasteiger partial charge in [0.25, 0.3) is 0 Å². The summed E-state index contributed by atoms with van der Waals surface area (Å²) in [5.74, 6) is 1.20. The molecule has 0 radical (unpaired) electrons. The number of carbonyl (C=O) groups excluding carboxylic acids is 1. The van der Waals surface area contributed by atoms with Crippen molar-refractivity contribution in [1.82, 2.24) is 4.90 Å². The molecule has 2 nitrogen and oxygen atoms in total. The molecule has 5 rings (SSSR count). The molecule has 0 saturated heterocycles. The molecule has 112 valence electrons. The van der Waals surface area contributed by atoms with E-state index in [1.165, 1.54) is 11.1 Å². The largest absolute Gasteiger partial charge is 0.334 e. The maximum atomic E-state index is 13.0. The zero-order valence-corrected chi connectivity index (χ0v) is 12.7. The molecule has 2 aromatic carbocycles. The van der Waals surface area contributed by atoms with Gasteiger partial charge in [-0.05, 0) is 36.3 Å². The van der Waals surface area contributed by atoms with Crippen molar-refractivity contribution in [3.63, 3.8) is 0 Å². The fourth-order valence-corrected chi connectivity index (χ4v) is 3.88. The molecule has 0 spiro atoms. The number of carbonyl (C=O) groups is 1. The maximum absolute atomic E-state index is 13.0. The highest BCUT2D eigenvalue weighted by Gasteiger charge is 2.62. The normalized spacial score (nSPS) is 25.0. The summed E-state index contributed by atoms with van der Waals surface area (Å²) in [6, 6.07) is 20.6. The molecule has 0 aliphatic heterocycles. The molecule has 1 amide bonds. The van der Waals surface area contributed by atoms with Crippen molar-refractivity contribution in [2.75, 3.05) is 0 Å². The second kappa shape index (κ2) is 5.28. The van der Waals surface area contributed by atoms with Crippen LogP contribution in [0.2, 0.25) is 0 Å². The van der Waals surface area contributed by atoms with Crippen LogP contribution in [0, 0.1) is 11.3 Å². The van der Waals surface area contributed by atoms with E-state index < -0.39 is 0 Å². The van der Waals surface area contributed by atoms with Gasteiger partial charge in [0.15, 0.2) is 0 Å². The Labute approximate surface area is 131 Å². The lowest BCUT2D eigenvalue weighted by molar-refractivity contribution is -0.178. The van der Waals surface area contributed by atoms with Gasteiger partial charge in [-0.3, -0.25) is 4.79 Å². The second-order valence-electron chi connectivity index (χ2n) is 6.89. The summed E-state index contributed by atoms with van der Waals surface area (Å²) < 4.78 is 0.